The molecule has 2 aromatic carbocycles. The molecule has 1 fully saturated rings. The molecule has 2 amide bonds. The summed E-state index contributed by atoms with van der Waals surface area (Å²) in [5, 5.41) is 10.1. The molecule has 7 nitrogen and oxygen atoms in total. The van der Waals surface area contributed by atoms with Gasteiger partial charge in [-0.2, -0.15) is 13.2 Å². The molecule has 0 spiro atoms. The SMILES string of the molecule is O=C(NCCn1nc(-c2cccc(C(F)(F)F)c2)n(C2CC2)c1=O)Nc1ccc(Cl)cc1. The lowest BCUT2D eigenvalue weighted by atomic mass is 10.1. The molecule has 0 aliphatic heterocycles. The lowest BCUT2D eigenvalue weighted by Crippen LogP contribution is -2.34. The van der Waals surface area contributed by atoms with E-state index in [1.54, 1.807) is 24.3 Å². The van der Waals surface area contributed by atoms with E-state index in [4.69, 9.17) is 11.6 Å². The van der Waals surface area contributed by atoms with E-state index in [9.17, 15) is 22.8 Å². The van der Waals surface area contributed by atoms with Crippen molar-refractivity contribution in [2.45, 2.75) is 31.6 Å². The van der Waals surface area contributed by atoms with E-state index in [-0.39, 0.29) is 30.5 Å². The number of anilines is 1. The average molecular weight is 466 g/mol. The maximum Gasteiger partial charge on any atom is 0.416 e. The third-order valence-electron chi connectivity index (χ3n) is 4.94. The minimum atomic E-state index is -4.50. The Morgan fingerprint density at radius 1 is 1.16 bits per heavy atom. The van der Waals surface area contributed by atoms with Crippen LogP contribution >= 0.6 is 11.6 Å². The van der Waals surface area contributed by atoms with Gasteiger partial charge in [-0.05, 0) is 49.2 Å². The Labute approximate surface area is 185 Å². The maximum atomic E-state index is 13.1. The monoisotopic (exact) mass is 465 g/mol. The molecule has 0 atom stereocenters. The van der Waals surface area contributed by atoms with Gasteiger partial charge in [0.1, 0.15) is 0 Å². The van der Waals surface area contributed by atoms with Gasteiger partial charge in [-0.25, -0.2) is 14.3 Å². The van der Waals surface area contributed by atoms with Gasteiger partial charge in [0.15, 0.2) is 5.82 Å². The molecule has 1 saturated carbocycles. The minimum absolute atomic E-state index is 0.0680. The zero-order valence-electron chi connectivity index (χ0n) is 16.7. The van der Waals surface area contributed by atoms with Gasteiger partial charge >= 0.3 is 17.9 Å². The number of nitrogens with zero attached hydrogens (tertiary/aromatic N) is 3. The normalized spacial score (nSPS) is 13.8. The molecular weight excluding hydrogens is 447 g/mol. The molecule has 1 aromatic heterocycles. The molecule has 3 aromatic rings. The number of urea groups is 1. The van der Waals surface area contributed by atoms with Gasteiger partial charge in [0.25, 0.3) is 0 Å². The van der Waals surface area contributed by atoms with E-state index >= 15 is 0 Å². The lowest BCUT2D eigenvalue weighted by molar-refractivity contribution is -0.137. The zero-order chi connectivity index (χ0) is 22.9. The summed E-state index contributed by atoms with van der Waals surface area (Å²) in [7, 11) is 0. The number of rotatable bonds is 6. The van der Waals surface area contributed by atoms with Gasteiger partial charge in [-0.3, -0.25) is 4.57 Å². The van der Waals surface area contributed by atoms with Crippen LogP contribution in [-0.4, -0.2) is 26.9 Å². The molecule has 11 heteroatoms. The van der Waals surface area contributed by atoms with Crippen molar-refractivity contribution in [2.75, 3.05) is 11.9 Å². The van der Waals surface area contributed by atoms with Crippen LogP contribution in [0.4, 0.5) is 23.7 Å². The van der Waals surface area contributed by atoms with Crippen molar-refractivity contribution in [1.29, 1.82) is 0 Å². The predicted octanol–water partition coefficient (Wildman–Crippen LogP) is 4.54. The summed E-state index contributed by atoms with van der Waals surface area (Å²) in [5.74, 6) is 0.189. The summed E-state index contributed by atoms with van der Waals surface area (Å²) in [4.78, 5) is 24.9. The molecule has 0 radical (unpaired) electrons. The number of halogens is 4. The highest BCUT2D eigenvalue weighted by molar-refractivity contribution is 6.30. The molecule has 1 aliphatic carbocycles. The molecule has 1 heterocycles. The quantitative estimate of drug-likeness (QED) is 0.561. The summed E-state index contributed by atoms with van der Waals surface area (Å²) in [6.45, 7) is 0.168. The number of amides is 2. The standard InChI is InChI=1S/C21H19ClF3N5O2/c22-15-4-6-16(7-5-15)27-19(31)26-10-11-29-20(32)30(17-8-9-17)18(28-29)13-2-1-3-14(12-13)21(23,24)25/h1-7,12,17H,8-11H2,(H2,26,27,31). The Balaban J connectivity index is 1.48. The van der Waals surface area contributed by atoms with Crippen molar-refractivity contribution in [3.8, 4) is 11.4 Å². The van der Waals surface area contributed by atoms with Crippen LogP contribution in [0.3, 0.4) is 0 Å². The third-order valence-corrected chi connectivity index (χ3v) is 5.19. The molecule has 1 aliphatic rings. The first-order valence-corrected chi connectivity index (χ1v) is 10.3. The van der Waals surface area contributed by atoms with Crippen molar-refractivity contribution in [3.63, 3.8) is 0 Å². The number of carbonyl (C=O) groups excluding carboxylic acids is 1. The first-order chi connectivity index (χ1) is 15.2. The predicted molar refractivity (Wildman–Crippen MR) is 114 cm³/mol. The number of alkyl halides is 3. The highest BCUT2D eigenvalue weighted by atomic mass is 35.5. The van der Waals surface area contributed by atoms with Crippen LogP contribution in [0, 0.1) is 0 Å². The molecule has 32 heavy (non-hydrogen) atoms. The van der Waals surface area contributed by atoms with Crippen molar-refractivity contribution in [2.24, 2.45) is 0 Å². The van der Waals surface area contributed by atoms with Crippen molar-refractivity contribution >= 4 is 23.3 Å². The molecule has 0 saturated heterocycles. The summed E-state index contributed by atoms with van der Waals surface area (Å²) < 4.78 is 41.9. The largest absolute Gasteiger partial charge is 0.416 e. The summed E-state index contributed by atoms with van der Waals surface area (Å²) >= 11 is 5.81. The molecule has 2 N–H and O–H groups in total. The lowest BCUT2D eigenvalue weighted by Gasteiger charge is -2.09. The fourth-order valence-electron chi connectivity index (χ4n) is 3.24. The molecule has 0 unspecified atom stereocenters. The first kappa shape index (κ1) is 21.9. The van der Waals surface area contributed by atoms with Gasteiger partial charge < -0.3 is 10.6 Å². The van der Waals surface area contributed by atoms with Crippen LogP contribution in [0.2, 0.25) is 5.02 Å². The summed E-state index contributed by atoms with van der Waals surface area (Å²) in [6, 6.07) is 10.8. The fourth-order valence-corrected chi connectivity index (χ4v) is 3.37. The van der Waals surface area contributed by atoms with Crippen molar-refractivity contribution in [1.82, 2.24) is 19.7 Å². The van der Waals surface area contributed by atoms with Gasteiger partial charge in [0, 0.05) is 28.9 Å². The summed E-state index contributed by atoms with van der Waals surface area (Å²) in [6.07, 6.45) is -2.97. The second-order valence-electron chi connectivity index (χ2n) is 7.40. The average Bonchev–Trinajstić information content (AvgIpc) is 3.53. The van der Waals surface area contributed by atoms with Crippen LogP contribution in [0.25, 0.3) is 11.4 Å². The third kappa shape index (κ3) is 4.96. The Bertz CT molecular complexity index is 1180. The van der Waals surface area contributed by atoms with Crippen LogP contribution in [0.1, 0.15) is 24.4 Å². The molecule has 168 valence electrons. The van der Waals surface area contributed by atoms with Crippen molar-refractivity contribution in [3.05, 3.63) is 69.6 Å². The van der Waals surface area contributed by atoms with Gasteiger partial charge in [-0.15, -0.1) is 5.10 Å². The zero-order valence-corrected chi connectivity index (χ0v) is 17.5. The van der Waals surface area contributed by atoms with Crippen LogP contribution in [-0.2, 0) is 12.7 Å². The first-order valence-electron chi connectivity index (χ1n) is 9.90. The Morgan fingerprint density at radius 3 is 2.53 bits per heavy atom. The number of aromatic nitrogens is 3. The topological polar surface area (TPSA) is 81.0 Å². The Hall–Kier alpha value is -3.27. The number of hydrogen-bond acceptors (Lipinski definition) is 3. The van der Waals surface area contributed by atoms with E-state index in [0.717, 1.165) is 29.7 Å². The number of hydrogen-bond donors (Lipinski definition) is 2. The smallest absolute Gasteiger partial charge is 0.336 e. The maximum absolute atomic E-state index is 13.1. The van der Waals surface area contributed by atoms with Gasteiger partial charge in [0.2, 0.25) is 0 Å². The number of carbonyl (C=O) groups is 1. The second kappa shape index (κ2) is 8.70. The van der Waals surface area contributed by atoms with Crippen LogP contribution in [0.5, 0.6) is 0 Å². The fraction of sp³-hybridized carbons (Fsp3) is 0.286. The van der Waals surface area contributed by atoms with E-state index in [2.05, 4.69) is 15.7 Å². The van der Waals surface area contributed by atoms with Crippen LogP contribution in [0.15, 0.2) is 53.3 Å². The Morgan fingerprint density at radius 2 is 1.88 bits per heavy atom. The number of benzene rings is 2. The highest BCUT2D eigenvalue weighted by Crippen LogP contribution is 2.37. The second-order valence-corrected chi connectivity index (χ2v) is 7.83. The van der Waals surface area contributed by atoms with Crippen molar-refractivity contribution < 1.29 is 18.0 Å². The minimum Gasteiger partial charge on any atom is -0.336 e. The van der Waals surface area contributed by atoms with E-state index in [1.165, 1.54) is 16.7 Å². The van der Waals surface area contributed by atoms with Gasteiger partial charge in [0.05, 0.1) is 12.1 Å². The molecular formula is C21H19ClF3N5O2. The van der Waals surface area contributed by atoms with Gasteiger partial charge in [-0.1, -0.05) is 23.7 Å². The number of nitrogens with one attached hydrogen (secondary N) is 2. The van der Waals surface area contributed by atoms with E-state index < -0.39 is 23.5 Å². The van der Waals surface area contributed by atoms with E-state index in [1.807, 2.05) is 0 Å². The molecule has 4 rings (SSSR count). The molecule has 0 bridgehead atoms. The highest BCUT2D eigenvalue weighted by Gasteiger charge is 2.33. The van der Waals surface area contributed by atoms with E-state index in [0.29, 0.717) is 10.7 Å². The summed E-state index contributed by atoms with van der Waals surface area (Å²) in [5.41, 5.74) is -0.454. The van der Waals surface area contributed by atoms with Crippen LogP contribution < -0.4 is 16.3 Å². The Kier molecular flexibility index (Phi) is 5.96.